The number of benzene rings is 1. The molecule has 0 aliphatic heterocycles. The topological polar surface area (TPSA) is 147 Å². The largest absolute Gasteiger partial charge is 0.464 e. The molecule has 0 fully saturated rings. The van der Waals surface area contributed by atoms with Crippen molar-refractivity contribution >= 4 is 40.6 Å². The van der Waals surface area contributed by atoms with Gasteiger partial charge >= 0.3 is 7.60 Å². The number of hydrogen-bond donors (Lipinski definition) is 2. The second-order valence-electron chi connectivity index (χ2n) is 7.40. The lowest BCUT2D eigenvalue weighted by Crippen LogP contribution is -2.13. The van der Waals surface area contributed by atoms with Gasteiger partial charge in [-0.1, -0.05) is 28.1 Å². The number of hydrogen-bond acceptors (Lipinski definition) is 9. The number of nitrogen functional groups attached to an aromatic ring is 1. The fourth-order valence-corrected chi connectivity index (χ4v) is 4.80. The highest BCUT2D eigenvalue weighted by Crippen LogP contribution is 2.49. The van der Waals surface area contributed by atoms with Crippen molar-refractivity contribution < 1.29 is 22.8 Å². The molecule has 0 amide bonds. The minimum atomic E-state index is -3.64. The molecule has 3 aromatic heterocycles. The number of ether oxygens (including phenoxy) is 1. The van der Waals surface area contributed by atoms with Gasteiger partial charge in [0.2, 0.25) is 5.95 Å². The first-order valence-corrected chi connectivity index (χ1v) is 12.8. The third-order valence-corrected chi connectivity index (χ3v) is 6.77. The molecule has 1 unspecified atom stereocenters. The monoisotopic (exact) mass is 551 g/mol. The number of nitrogens with two attached hydrogens (primary N) is 1. The van der Waals surface area contributed by atoms with Crippen molar-refractivity contribution in [3.63, 3.8) is 0 Å². The first-order valence-electron chi connectivity index (χ1n) is 10.3. The van der Waals surface area contributed by atoms with Crippen LogP contribution in [0.3, 0.4) is 0 Å². The van der Waals surface area contributed by atoms with Crippen molar-refractivity contribution in [2.24, 2.45) is 0 Å². The maximum absolute atomic E-state index is 13.4. The van der Waals surface area contributed by atoms with Gasteiger partial charge in [0, 0.05) is 11.0 Å². The van der Waals surface area contributed by atoms with E-state index in [4.69, 9.17) is 23.9 Å². The first kappa shape index (κ1) is 24.4. The SMILES string of the molecule is Cc1ccc(COP(=O)(COCCn2cnc3c(=O)[nH]c(N)nc32)OCc2cccc(Br)c2)o1. The first-order chi connectivity index (χ1) is 16.3. The van der Waals surface area contributed by atoms with Crippen LogP contribution >= 0.6 is 23.5 Å². The van der Waals surface area contributed by atoms with Crippen LogP contribution in [0.1, 0.15) is 17.1 Å². The summed E-state index contributed by atoms with van der Waals surface area (Å²) in [5.41, 5.74) is 6.53. The van der Waals surface area contributed by atoms with Crippen LogP contribution in [-0.2, 0) is 38.1 Å². The van der Waals surface area contributed by atoms with E-state index in [0.717, 1.165) is 15.8 Å². The lowest BCUT2D eigenvalue weighted by Gasteiger charge is -2.18. The predicted octanol–water partition coefficient (Wildman–Crippen LogP) is 3.97. The Morgan fingerprint density at radius 3 is 2.82 bits per heavy atom. The van der Waals surface area contributed by atoms with Gasteiger partial charge in [-0.15, -0.1) is 0 Å². The Morgan fingerprint density at radius 1 is 1.24 bits per heavy atom. The maximum atomic E-state index is 13.4. The summed E-state index contributed by atoms with van der Waals surface area (Å²) < 4.78 is 38.4. The number of aromatic nitrogens is 4. The highest BCUT2D eigenvalue weighted by atomic mass is 79.9. The molecule has 1 aromatic carbocycles. The number of furan rings is 1. The van der Waals surface area contributed by atoms with Gasteiger partial charge in [0.1, 0.15) is 24.5 Å². The van der Waals surface area contributed by atoms with Crippen LogP contribution in [0.15, 0.2) is 56.4 Å². The molecule has 34 heavy (non-hydrogen) atoms. The summed E-state index contributed by atoms with van der Waals surface area (Å²) in [6.45, 7) is 2.31. The minimum Gasteiger partial charge on any atom is -0.464 e. The standard InChI is InChI=1S/C21H23BrN5O6P/c1-14-5-6-17(33-14)11-32-34(29,31-10-15-3-2-4-16(22)9-15)13-30-8-7-27-12-24-18-19(27)25-21(23)26-20(18)28/h2-6,9,12H,7-8,10-11,13H2,1H3,(H3,23,25,26,28). The number of aromatic amines is 1. The molecule has 0 aliphatic carbocycles. The van der Waals surface area contributed by atoms with E-state index in [2.05, 4.69) is 30.9 Å². The molecule has 4 aromatic rings. The third kappa shape index (κ3) is 6.22. The molecule has 4 rings (SSSR count). The van der Waals surface area contributed by atoms with Crippen LogP contribution in [0, 0.1) is 6.92 Å². The van der Waals surface area contributed by atoms with E-state index in [1.165, 1.54) is 6.33 Å². The Hall–Kier alpha value is -2.76. The average Bonchev–Trinajstić information content (AvgIpc) is 3.40. The molecule has 180 valence electrons. The normalized spacial score (nSPS) is 13.4. The predicted molar refractivity (Wildman–Crippen MR) is 128 cm³/mol. The fraction of sp³-hybridized carbons (Fsp3) is 0.286. The van der Waals surface area contributed by atoms with Gasteiger partial charge < -0.3 is 24.0 Å². The van der Waals surface area contributed by atoms with Gasteiger partial charge in [0.25, 0.3) is 5.56 Å². The molecular weight excluding hydrogens is 529 g/mol. The van der Waals surface area contributed by atoms with Crippen molar-refractivity contribution in [3.05, 3.63) is 74.6 Å². The Balaban J connectivity index is 1.39. The minimum absolute atomic E-state index is 0.00724. The third-order valence-electron chi connectivity index (χ3n) is 4.74. The highest BCUT2D eigenvalue weighted by Gasteiger charge is 2.26. The van der Waals surface area contributed by atoms with E-state index in [1.54, 1.807) is 16.7 Å². The van der Waals surface area contributed by atoms with E-state index >= 15 is 0 Å². The maximum Gasteiger partial charge on any atom is 0.356 e. The molecule has 0 saturated heterocycles. The van der Waals surface area contributed by atoms with Crippen molar-refractivity contribution in [1.82, 2.24) is 19.5 Å². The van der Waals surface area contributed by atoms with E-state index in [1.807, 2.05) is 31.2 Å². The van der Waals surface area contributed by atoms with Gasteiger partial charge in [-0.25, -0.2) is 4.98 Å². The van der Waals surface area contributed by atoms with Crippen molar-refractivity contribution in [2.45, 2.75) is 26.7 Å². The molecule has 0 bridgehead atoms. The van der Waals surface area contributed by atoms with Gasteiger partial charge in [0.15, 0.2) is 11.2 Å². The Labute approximate surface area is 202 Å². The highest BCUT2D eigenvalue weighted by molar-refractivity contribution is 9.10. The number of nitrogens with zero attached hydrogens (tertiary/aromatic N) is 3. The Morgan fingerprint density at radius 2 is 2.06 bits per heavy atom. The van der Waals surface area contributed by atoms with Crippen LogP contribution in [0.2, 0.25) is 0 Å². The zero-order valence-corrected chi connectivity index (χ0v) is 20.8. The molecule has 1 atom stereocenters. The molecule has 3 heterocycles. The summed E-state index contributed by atoms with van der Waals surface area (Å²) in [5.74, 6) is 1.25. The number of imidazole rings is 1. The second kappa shape index (κ2) is 10.7. The van der Waals surface area contributed by atoms with Gasteiger partial charge in [-0.2, -0.15) is 4.98 Å². The van der Waals surface area contributed by atoms with E-state index in [-0.39, 0.29) is 37.6 Å². The summed E-state index contributed by atoms with van der Waals surface area (Å²) in [5, 5.41) is 0. The summed E-state index contributed by atoms with van der Waals surface area (Å²) >= 11 is 3.41. The molecule has 0 radical (unpaired) electrons. The zero-order valence-electron chi connectivity index (χ0n) is 18.3. The summed E-state index contributed by atoms with van der Waals surface area (Å²) in [6.07, 6.45) is 1.19. The zero-order chi connectivity index (χ0) is 24.1. The summed E-state index contributed by atoms with van der Waals surface area (Å²) in [4.78, 5) is 22.5. The lowest BCUT2D eigenvalue weighted by atomic mass is 10.2. The smallest absolute Gasteiger partial charge is 0.356 e. The van der Waals surface area contributed by atoms with Crippen LogP contribution in [-0.4, -0.2) is 32.5 Å². The fourth-order valence-electron chi connectivity index (χ4n) is 3.11. The molecular formula is C21H23BrN5O6P. The number of aryl methyl sites for hydroxylation is 1. The molecule has 0 spiro atoms. The number of fused-ring (bicyclic) bond motifs is 1. The second-order valence-corrected chi connectivity index (χ2v) is 10.3. The average molecular weight is 552 g/mol. The number of H-pyrrole nitrogens is 1. The molecule has 3 N–H and O–H groups in total. The Kier molecular flexibility index (Phi) is 7.64. The molecule has 0 aliphatic rings. The number of anilines is 1. The van der Waals surface area contributed by atoms with Crippen LogP contribution in [0.4, 0.5) is 5.95 Å². The molecule has 11 nitrogen and oxygen atoms in total. The summed E-state index contributed by atoms with van der Waals surface area (Å²) in [6, 6.07) is 11.0. The lowest BCUT2D eigenvalue weighted by molar-refractivity contribution is 0.114. The van der Waals surface area contributed by atoms with E-state index in [0.29, 0.717) is 18.0 Å². The molecule has 13 heteroatoms. The Bertz CT molecular complexity index is 1380. The quantitative estimate of drug-likeness (QED) is 0.208. The molecule has 0 saturated carbocycles. The van der Waals surface area contributed by atoms with Crippen LogP contribution < -0.4 is 11.3 Å². The van der Waals surface area contributed by atoms with Crippen molar-refractivity contribution in [2.75, 3.05) is 18.7 Å². The van der Waals surface area contributed by atoms with Crippen LogP contribution in [0.25, 0.3) is 11.2 Å². The number of nitrogens with one attached hydrogen (secondary N) is 1. The van der Waals surface area contributed by atoms with Crippen LogP contribution in [0.5, 0.6) is 0 Å². The number of rotatable bonds is 11. The van der Waals surface area contributed by atoms with E-state index in [9.17, 15) is 9.36 Å². The van der Waals surface area contributed by atoms with Crippen molar-refractivity contribution in [1.29, 1.82) is 0 Å². The van der Waals surface area contributed by atoms with Crippen molar-refractivity contribution in [3.8, 4) is 0 Å². The van der Waals surface area contributed by atoms with Gasteiger partial charge in [-0.3, -0.25) is 18.9 Å². The van der Waals surface area contributed by atoms with Gasteiger partial charge in [-0.05, 0) is 36.8 Å². The van der Waals surface area contributed by atoms with E-state index < -0.39 is 13.2 Å². The van der Waals surface area contributed by atoms with Gasteiger partial charge in [0.05, 0.1) is 19.5 Å². The summed E-state index contributed by atoms with van der Waals surface area (Å²) in [7, 11) is -3.64. The number of halogens is 1.